The smallest absolute Gasteiger partial charge is 0.225 e. The van der Waals surface area contributed by atoms with Crippen LogP contribution in [-0.4, -0.2) is 10.9 Å². The number of carbonyl (C=O) groups excluding carboxylic acids is 1. The van der Waals surface area contributed by atoms with Gasteiger partial charge in [0.2, 0.25) is 5.91 Å². The van der Waals surface area contributed by atoms with Crippen LogP contribution in [0.1, 0.15) is 37.1 Å². The number of pyridine rings is 1. The van der Waals surface area contributed by atoms with Gasteiger partial charge in [-0.2, -0.15) is 0 Å². The first-order valence-electron chi connectivity index (χ1n) is 7.10. The van der Waals surface area contributed by atoms with E-state index >= 15 is 0 Å². The van der Waals surface area contributed by atoms with Gasteiger partial charge in [0.15, 0.2) is 0 Å². The molecule has 4 heteroatoms. The number of hydrogen-bond acceptors (Lipinski definition) is 3. The summed E-state index contributed by atoms with van der Waals surface area (Å²) in [6.45, 7) is 3.79. The zero-order valence-electron chi connectivity index (χ0n) is 12.4. The van der Waals surface area contributed by atoms with Gasteiger partial charge in [-0.3, -0.25) is 9.78 Å². The molecule has 0 aliphatic heterocycles. The number of amides is 1. The Bertz CT molecular complexity index is 571. The highest BCUT2D eigenvalue weighted by Crippen LogP contribution is 2.20. The fraction of sp³-hybridized carbons (Fsp3) is 0.294. The molecule has 0 spiro atoms. The summed E-state index contributed by atoms with van der Waals surface area (Å²) in [7, 11) is 0. The van der Waals surface area contributed by atoms with Crippen molar-refractivity contribution in [2.75, 3.05) is 0 Å². The number of aromatic nitrogens is 1. The molecule has 0 aliphatic carbocycles. The lowest BCUT2D eigenvalue weighted by Gasteiger charge is -2.22. The van der Waals surface area contributed by atoms with Crippen molar-refractivity contribution in [3.63, 3.8) is 0 Å². The van der Waals surface area contributed by atoms with E-state index in [0.29, 0.717) is 0 Å². The number of nitrogens with one attached hydrogen (secondary N) is 1. The molecule has 2 aromatic rings. The predicted octanol–water partition coefficient (Wildman–Crippen LogP) is 2.59. The van der Waals surface area contributed by atoms with Gasteiger partial charge in [-0.1, -0.05) is 43.3 Å². The van der Waals surface area contributed by atoms with Crippen molar-refractivity contribution in [1.82, 2.24) is 10.3 Å². The molecule has 1 heterocycles. The van der Waals surface area contributed by atoms with E-state index in [4.69, 9.17) is 5.73 Å². The van der Waals surface area contributed by atoms with Crippen LogP contribution in [0.15, 0.2) is 54.9 Å². The summed E-state index contributed by atoms with van der Waals surface area (Å²) in [6.07, 6.45) is 3.47. The summed E-state index contributed by atoms with van der Waals surface area (Å²) in [5.74, 6) is -0.353. The predicted molar refractivity (Wildman–Crippen MR) is 83.3 cm³/mol. The van der Waals surface area contributed by atoms with Crippen LogP contribution in [0.3, 0.4) is 0 Å². The minimum absolute atomic E-state index is 0.0530. The van der Waals surface area contributed by atoms with Gasteiger partial charge in [0.1, 0.15) is 0 Å². The van der Waals surface area contributed by atoms with Crippen LogP contribution in [0.5, 0.6) is 0 Å². The summed E-state index contributed by atoms with van der Waals surface area (Å²) in [5, 5.41) is 2.99. The van der Waals surface area contributed by atoms with Gasteiger partial charge in [-0.15, -0.1) is 0 Å². The lowest BCUT2D eigenvalue weighted by molar-refractivity contribution is -0.125. The van der Waals surface area contributed by atoms with Crippen molar-refractivity contribution in [2.24, 2.45) is 11.7 Å². The van der Waals surface area contributed by atoms with Crippen LogP contribution in [0.2, 0.25) is 0 Å². The lowest BCUT2D eigenvalue weighted by atomic mass is 9.94. The Labute approximate surface area is 125 Å². The molecular formula is C17H21N3O. The van der Waals surface area contributed by atoms with Crippen LogP contribution < -0.4 is 11.1 Å². The average Bonchev–Trinajstić information content (AvgIpc) is 2.55. The van der Waals surface area contributed by atoms with Crippen molar-refractivity contribution >= 4 is 5.91 Å². The molecule has 0 saturated heterocycles. The normalized spacial score (nSPS) is 15.0. The summed E-state index contributed by atoms with van der Waals surface area (Å²) >= 11 is 0. The zero-order valence-corrected chi connectivity index (χ0v) is 12.4. The summed E-state index contributed by atoms with van der Waals surface area (Å²) in [5.41, 5.74) is 8.13. The van der Waals surface area contributed by atoms with E-state index in [2.05, 4.69) is 10.3 Å². The van der Waals surface area contributed by atoms with E-state index < -0.39 is 0 Å². The van der Waals surface area contributed by atoms with Gasteiger partial charge in [0.05, 0.1) is 12.0 Å². The monoisotopic (exact) mass is 283 g/mol. The third-order valence-electron chi connectivity index (χ3n) is 3.68. The molecule has 110 valence electrons. The molecule has 0 saturated carbocycles. The number of nitrogens with zero attached hydrogens (tertiary/aromatic N) is 1. The molecule has 0 fully saturated rings. The number of hydrogen-bond donors (Lipinski definition) is 2. The minimum Gasteiger partial charge on any atom is -0.349 e. The second-order valence-electron chi connectivity index (χ2n) is 5.24. The van der Waals surface area contributed by atoms with Crippen LogP contribution in [0.4, 0.5) is 0 Å². The summed E-state index contributed by atoms with van der Waals surface area (Å²) in [4.78, 5) is 16.4. The third-order valence-corrected chi connectivity index (χ3v) is 3.68. The van der Waals surface area contributed by atoms with Gasteiger partial charge in [-0.05, 0) is 24.1 Å². The molecule has 4 nitrogen and oxygen atoms in total. The molecule has 3 N–H and O–H groups in total. The molecule has 1 aromatic heterocycles. The molecule has 0 radical (unpaired) electrons. The molecule has 3 atom stereocenters. The second-order valence-corrected chi connectivity index (χ2v) is 5.24. The Balaban J connectivity index is 2.00. The van der Waals surface area contributed by atoms with Crippen LogP contribution in [-0.2, 0) is 4.79 Å². The fourth-order valence-corrected chi connectivity index (χ4v) is 2.19. The highest BCUT2D eigenvalue weighted by atomic mass is 16.1. The first-order chi connectivity index (χ1) is 10.1. The van der Waals surface area contributed by atoms with Crippen molar-refractivity contribution in [2.45, 2.75) is 25.9 Å². The van der Waals surface area contributed by atoms with Crippen LogP contribution >= 0.6 is 0 Å². The number of rotatable bonds is 5. The van der Waals surface area contributed by atoms with Gasteiger partial charge < -0.3 is 11.1 Å². The molecule has 0 bridgehead atoms. The average molecular weight is 283 g/mol. The quantitative estimate of drug-likeness (QED) is 0.886. The van der Waals surface area contributed by atoms with Crippen molar-refractivity contribution in [1.29, 1.82) is 0 Å². The van der Waals surface area contributed by atoms with E-state index in [0.717, 1.165) is 11.1 Å². The second kappa shape index (κ2) is 6.99. The largest absolute Gasteiger partial charge is 0.349 e. The topological polar surface area (TPSA) is 68.0 Å². The van der Waals surface area contributed by atoms with Gasteiger partial charge in [0, 0.05) is 18.4 Å². The number of benzene rings is 1. The van der Waals surface area contributed by atoms with Crippen molar-refractivity contribution in [3.8, 4) is 0 Å². The molecule has 2 rings (SSSR count). The zero-order chi connectivity index (χ0) is 15.2. The Kier molecular flexibility index (Phi) is 5.06. The maximum atomic E-state index is 12.3. The molecule has 21 heavy (non-hydrogen) atoms. The summed E-state index contributed by atoms with van der Waals surface area (Å²) < 4.78 is 0. The maximum absolute atomic E-state index is 12.3. The van der Waals surface area contributed by atoms with E-state index in [1.165, 1.54) is 0 Å². The molecule has 1 amide bonds. The molecule has 0 aliphatic rings. The lowest BCUT2D eigenvalue weighted by Crippen LogP contribution is -2.36. The van der Waals surface area contributed by atoms with Gasteiger partial charge in [0.25, 0.3) is 0 Å². The first kappa shape index (κ1) is 15.2. The third kappa shape index (κ3) is 3.89. The Morgan fingerprint density at radius 1 is 1.10 bits per heavy atom. The molecule has 3 unspecified atom stereocenters. The van der Waals surface area contributed by atoms with Gasteiger partial charge in [-0.25, -0.2) is 0 Å². The fourth-order valence-electron chi connectivity index (χ4n) is 2.19. The highest BCUT2D eigenvalue weighted by Gasteiger charge is 2.23. The number of carbonyl (C=O) groups is 1. The Hall–Kier alpha value is -2.20. The Morgan fingerprint density at radius 3 is 2.38 bits per heavy atom. The van der Waals surface area contributed by atoms with Crippen LogP contribution in [0.25, 0.3) is 0 Å². The SMILES string of the molecule is CC(NC(=O)C(C)C(N)c1ccccc1)c1cccnc1. The first-order valence-corrected chi connectivity index (χ1v) is 7.10. The van der Waals surface area contributed by atoms with Gasteiger partial charge >= 0.3 is 0 Å². The minimum atomic E-state index is -0.313. The van der Waals surface area contributed by atoms with E-state index in [1.807, 2.05) is 56.3 Å². The molecule has 1 aromatic carbocycles. The summed E-state index contributed by atoms with van der Waals surface area (Å²) in [6, 6.07) is 13.1. The van der Waals surface area contributed by atoms with Crippen LogP contribution in [0, 0.1) is 5.92 Å². The van der Waals surface area contributed by atoms with Crippen molar-refractivity contribution < 1.29 is 4.79 Å². The van der Waals surface area contributed by atoms with E-state index in [1.54, 1.807) is 12.4 Å². The van der Waals surface area contributed by atoms with E-state index in [9.17, 15) is 4.79 Å². The standard InChI is InChI=1S/C17H21N3O/c1-12(16(18)14-7-4-3-5-8-14)17(21)20-13(2)15-9-6-10-19-11-15/h3-13,16H,18H2,1-2H3,(H,20,21). The number of nitrogens with two attached hydrogens (primary N) is 1. The Morgan fingerprint density at radius 2 is 1.76 bits per heavy atom. The van der Waals surface area contributed by atoms with E-state index in [-0.39, 0.29) is 23.9 Å². The van der Waals surface area contributed by atoms with Crippen molar-refractivity contribution in [3.05, 3.63) is 66.0 Å². The molecular weight excluding hydrogens is 262 g/mol. The maximum Gasteiger partial charge on any atom is 0.225 e. The highest BCUT2D eigenvalue weighted by molar-refractivity contribution is 5.79.